The normalized spacial score (nSPS) is 29.7. The van der Waals surface area contributed by atoms with Crippen LogP contribution in [0.3, 0.4) is 0 Å². The summed E-state index contributed by atoms with van der Waals surface area (Å²) in [5, 5.41) is 3.40. The Bertz CT molecular complexity index is 351. The molecule has 5 nitrogen and oxygen atoms in total. The summed E-state index contributed by atoms with van der Waals surface area (Å²) in [6.07, 6.45) is 5.39. The monoisotopic (exact) mass is 289 g/mol. The number of rotatable bonds is 6. The van der Waals surface area contributed by atoms with Crippen molar-refractivity contribution in [1.29, 1.82) is 0 Å². The Morgan fingerprint density at radius 2 is 2.16 bits per heavy atom. The highest BCUT2D eigenvalue weighted by molar-refractivity contribution is 7.89. The topological polar surface area (TPSA) is 61.4 Å². The van der Waals surface area contributed by atoms with Gasteiger partial charge in [-0.1, -0.05) is 6.42 Å². The molecule has 0 amide bonds. The third-order valence-electron chi connectivity index (χ3n) is 4.23. The van der Waals surface area contributed by atoms with E-state index in [1.165, 1.54) is 12.8 Å². The molecule has 2 atom stereocenters. The van der Waals surface area contributed by atoms with Gasteiger partial charge in [-0.2, -0.15) is 0 Å². The molecule has 0 radical (unpaired) electrons. The van der Waals surface area contributed by atoms with Crippen molar-refractivity contribution in [1.82, 2.24) is 14.9 Å². The molecule has 0 saturated carbocycles. The summed E-state index contributed by atoms with van der Waals surface area (Å²) in [5.74, 6) is 0.736. The highest BCUT2D eigenvalue weighted by Crippen LogP contribution is 2.14. The van der Waals surface area contributed by atoms with Gasteiger partial charge < -0.3 is 10.2 Å². The maximum Gasteiger partial charge on any atom is 0.211 e. The van der Waals surface area contributed by atoms with Crippen LogP contribution in [0.15, 0.2) is 0 Å². The van der Waals surface area contributed by atoms with Crippen LogP contribution in [0.25, 0.3) is 0 Å². The average Bonchev–Trinajstić information content (AvgIpc) is 2.82. The van der Waals surface area contributed by atoms with Gasteiger partial charge in [0.2, 0.25) is 10.0 Å². The first-order chi connectivity index (χ1) is 9.05. The van der Waals surface area contributed by atoms with E-state index in [9.17, 15) is 8.42 Å². The number of hydrogen-bond acceptors (Lipinski definition) is 4. The average molecular weight is 289 g/mol. The van der Waals surface area contributed by atoms with Gasteiger partial charge in [0.05, 0.1) is 5.75 Å². The molecular formula is C13H27N3O2S. The molecule has 2 N–H and O–H groups in total. The zero-order chi connectivity index (χ0) is 13.7. The van der Waals surface area contributed by atoms with E-state index in [2.05, 4.69) is 22.0 Å². The Morgan fingerprint density at radius 1 is 1.32 bits per heavy atom. The molecule has 2 heterocycles. The summed E-state index contributed by atoms with van der Waals surface area (Å²) >= 11 is 0. The highest BCUT2D eigenvalue weighted by Gasteiger charge is 2.22. The molecule has 0 aromatic heterocycles. The number of likely N-dealkylation sites (tertiary alicyclic amines) is 1. The van der Waals surface area contributed by atoms with Crippen LogP contribution in [-0.2, 0) is 10.0 Å². The molecule has 112 valence electrons. The minimum Gasteiger partial charge on any atom is -0.314 e. The smallest absolute Gasteiger partial charge is 0.211 e. The van der Waals surface area contributed by atoms with Gasteiger partial charge in [0.15, 0.2) is 0 Å². The van der Waals surface area contributed by atoms with Crippen molar-refractivity contribution in [2.45, 2.75) is 38.1 Å². The lowest BCUT2D eigenvalue weighted by atomic mass is 10.0. The van der Waals surface area contributed by atoms with Crippen LogP contribution in [0.1, 0.15) is 32.1 Å². The van der Waals surface area contributed by atoms with Crippen LogP contribution in [0.2, 0.25) is 0 Å². The van der Waals surface area contributed by atoms with Crippen molar-refractivity contribution < 1.29 is 8.42 Å². The molecule has 0 aromatic carbocycles. The molecule has 19 heavy (non-hydrogen) atoms. The molecular weight excluding hydrogens is 262 g/mol. The number of piperidine rings is 1. The summed E-state index contributed by atoms with van der Waals surface area (Å²) in [6, 6.07) is 0.392. The SMILES string of the molecule is CN1CCC(CNS(=O)(=O)CCC2CCCCN2)C1. The van der Waals surface area contributed by atoms with Gasteiger partial charge in [-0.05, 0) is 51.7 Å². The van der Waals surface area contributed by atoms with E-state index in [1.807, 2.05) is 0 Å². The van der Waals surface area contributed by atoms with Crippen LogP contribution in [0.4, 0.5) is 0 Å². The predicted octanol–water partition coefficient (Wildman–Crippen LogP) is 0.390. The fourth-order valence-corrected chi connectivity index (χ4v) is 4.21. The van der Waals surface area contributed by atoms with E-state index in [0.717, 1.165) is 38.9 Å². The lowest BCUT2D eigenvalue weighted by Crippen LogP contribution is -2.38. The molecule has 2 fully saturated rings. The molecule has 6 heteroatoms. The van der Waals surface area contributed by atoms with Gasteiger partial charge in [0, 0.05) is 19.1 Å². The minimum absolute atomic E-state index is 0.257. The maximum absolute atomic E-state index is 12.0. The van der Waals surface area contributed by atoms with Crippen molar-refractivity contribution in [3.63, 3.8) is 0 Å². The van der Waals surface area contributed by atoms with Gasteiger partial charge in [-0.25, -0.2) is 13.1 Å². The van der Waals surface area contributed by atoms with Crippen molar-refractivity contribution in [3.05, 3.63) is 0 Å². The lowest BCUT2D eigenvalue weighted by molar-refractivity contribution is 0.389. The standard InChI is InChI=1S/C13H27N3O2S/c1-16-8-5-12(11-16)10-15-19(17,18)9-6-13-4-2-3-7-14-13/h12-15H,2-11H2,1H3. The van der Waals surface area contributed by atoms with Crippen LogP contribution in [0, 0.1) is 5.92 Å². The Morgan fingerprint density at radius 3 is 2.79 bits per heavy atom. The fraction of sp³-hybridized carbons (Fsp3) is 1.00. The molecule has 2 rings (SSSR count). The first-order valence-corrected chi connectivity index (χ1v) is 9.10. The second-order valence-electron chi connectivity index (χ2n) is 6.02. The maximum atomic E-state index is 12.0. The van der Waals surface area contributed by atoms with Gasteiger partial charge in [-0.3, -0.25) is 0 Å². The molecule has 0 aromatic rings. The third-order valence-corrected chi connectivity index (χ3v) is 5.61. The summed E-state index contributed by atoms with van der Waals surface area (Å²) in [5.41, 5.74) is 0. The molecule has 2 aliphatic rings. The first-order valence-electron chi connectivity index (χ1n) is 7.44. The molecule has 0 aliphatic carbocycles. The van der Waals surface area contributed by atoms with Crippen LogP contribution in [0.5, 0.6) is 0 Å². The Balaban J connectivity index is 1.66. The summed E-state index contributed by atoms with van der Waals surface area (Å²) in [7, 11) is -1.01. The minimum atomic E-state index is -3.09. The molecule has 2 aliphatic heterocycles. The fourth-order valence-electron chi connectivity index (χ4n) is 2.98. The molecule has 0 spiro atoms. The Labute approximate surface area is 117 Å². The Kier molecular flexibility index (Phi) is 5.62. The Hall–Kier alpha value is -0.170. The van der Waals surface area contributed by atoms with E-state index >= 15 is 0 Å². The van der Waals surface area contributed by atoms with Crippen LogP contribution in [-0.4, -0.2) is 58.3 Å². The number of nitrogens with zero attached hydrogens (tertiary/aromatic N) is 1. The van der Waals surface area contributed by atoms with E-state index in [-0.39, 0.29) is 5.75 Å². The molecule has 2 saturated heterocycles. The second kappa shape index (κ2) is 7.02. The van der Waals surface area contributed by atoms with Crippen molar-refractivity contribution in [2.24, 2.45) is 5.92 Å². The number of sulfonamides is 1. The lowest BCUT2D eigenvalue weighted by Gasteiger charge is -2.23. The van der Waals surface area contributed by atoms with Crippen molar-refractivity contribution in [3.8, 4) is 0 Å². The zero-order valence-corrected chi connectivity index (χ0v) is 12.7. The van der Waals surface area contributed by atoms with Gasteiger partial charge in [-0.15, -0.1) is 0 Å². The zero-order valence-electron chi connectivity index (χ0n) is 11.9. The molecule has 2 unspecified atom stereocenters. The summed E-state index contributed by atoms with van der Waals surface area (Å²) < 4.78 is 26.7. The van der Waals surface area contributed by atoms with Crippen molar-refractivity contribution >= 4 is 10.0 Å². The van der Waals surface area contributed by atoms with Crippen LogP contribution < -0.4 is 10.0 Å². The largest absolute Gasteiger partial charge is 0.314 e. The highest BCUT2D eigenvalue weighted by atomic mass is 32.2. The second-order valence-corrected chi connectivity index (χ2v) is 7.95. The van der Waals surface area contributed by atoms with Crippen molar-refractivity contribution in [2.75, 3.05) is 39.0 Å². The van der Waals surface area contributed by atoms with E-state index < -0.39 is 10.0 Å². The number of nitrogens with one attached hydrogen (secondary N) is 2. The first kappa shape index (κ1) is 15.2. The number of hydrogen-bond donors (Lipinski definition) is 2. The van der Waals surface area contributed by atoms with E-state index in [0.29, 0.717) is 18.5 Å². The van der Waals surface area contributed by atoms with E-state index in [1.54, 1.807) is 0 Å². The summed E-state index contributed by atoms with van der Waals surface area (Å²) in [4.78, 5) is 2.25. The predicted molar refractivity (Wildman–Crippen MR) is 77.7 cm³/mol. The van der Waals surface area contributed by atoms with E-state index in [4.69, 9.17) is 0 Å². The summed E-state index contributed by atoms with van der Waals surface area (Å²) in [6.45, 7) is 3.72. The van der Waals surface area contributed by atoms with Gasteiger partial charge >= 0.3 is 0 Å². The van der Waals surface area contributed by atoms with Crippen LogP contribution >= 0.6 is 0 Å². The third kappa shape index (κ3) is 5.38. The van der Waals surface area contributed by atoms with Gasteiger partial charge in [0.1, 0.15) is 0 Å². The molecule has 0 bridgehead atoms. The quantitative estimate of drug-likeness (QED) is 0.742. The van der Waals surface area contributed by atoms with Gasteiger partial charge in [0.25, 0.3) is 0 Å².